The first kappa shape index (κ1) is 14.8. The fraction of sp³-hybridized carbons (Fsp3) is 0.667. The fourth-order valence-corrected chi connectivity index (χ4v) is 2.02. The van der Waals surface area contributed by atoms with E-state index in [1.54, 1.807) is 0 Å². The van der Waals surface area contributed by atoms with Crippen molar-refractivity contribution in [3.05, 3.63) is 18.5 Å². The second-order valence-electron chi connectivity index (χ2n) is 5.24. The van der Waals surface area contributed by atoms with Crippen molar-refractivity contribution < 1.29 is 4.79 Å². The van der Waals surface area contributed by atoms with Crippen molar-refractivity contribution in [1.29, 1.82) is 0 Å². The van der Waals surface area contributed by atoms with Gasteiger partial charge in [-0.1, -0.05) is 40.0 Å². The number of aromatic nitrogens is 1. The summed E-state index contributed by atoms with van der Waals surface area (Å²) in [5, 5.41) is 0. The van der Waals surface area contributed by atoms with Crippen molar-refractivity contribution in [2.75, 3.05) is 11.4 Å². The lowest BCUT2D eigenvalue weighted by atomic mass is 10.1. The van der Waals surface area contributed by atoms with Crippen LogP contribution in [0, 0.1) is 5.92 Å². The van der Waals surface area contributed by atoms with E-state index in [0.29, 0.717) is 0 Å². The predicted octanol–water partition coefficient (Wildman–Crippen LogP) is 3.59. The van der Waals surface area contributed by atoms with Crippen molar-refractivity contribution in [3.8, 4) is 0 Å². The summed E-state index contributed by atoms with van der Waals surface area (Å²) in [6, 6.07) is 2.01. The van der Waals surface area contributed by atoms with Gasteiger partial charge in [0.05, 0.1) is 5.69 Å². The molecule has 3 nitrogen and oxygen atoms in total. The first-order valence-electron chi connectivity index (χ1n) is 6.99. The Balaban J connectivity index is 2.67. The number of anilines is 1. The summed E-state index contributed by atoms with van der Waals surface area (Å²) < 4.78 is 1.99. The Bertz CT molecular complexity index is 368. The van der Waals surface area contributed by atoms with Gasteiger partial charge in [-0.05, 0) is 12.5 Å². The van der Waals surface area contributed by atoms with Crippen LogP contribution in [0.1, 0.15) is 46.5 Å². The number of aryl methyl sites for hydroxylation is 1. The molecule has 1 heterocycles. The lowest BCUT2D eigenvalue weighted by Gasteiger charge is -2.23. The zero-order chi connectivity index (χ0) is 13.5. The predicted molar refractivity (Wildman–Crippen MR) is 76.7 cm³/mol. The smallest absolute Gasteiger partial charge is 0.229 e. The van der Waals surface area contributed by atoms with Crippen molar-refractivity contribution >= 4 is 11.6 Å². The molecule has 0 spiro atoms. The molecule has 1 amide bonds. The number of carbonyl (C=O) groups excluding carboxylic acids is 1. The third-order valence-electron chi connectivity index (χ3n) is 3.12. The molecule has 0 radical (unpaired) electrons. The second-order valence-corrected chi connectivity index (χ2v) is 5.24. The average molecular weight is 250 g/mol. The molecule has 0 bridgehead atoms. The minimum atomic E-state index is 0.0522. The maximum Gasteiger partial charge on any atom is 0.229 e. The molecule has 0 aromatic carbocycles. The fourth-order valence-electron chi connectivity index (χ4n) is 2.02. The van der Waals surface area contributed by atoms with E-state index in [0.717, 1.165) is 18.7 Å². The Labute approximate surface area is 111 Å². The van der Waals surface area contributed by atoms with Gasteiger partial charge in [-0.2, -0.15) is 0 Å². The summed E-state index contributed by atoms with van der Waals surface area (Å²) >= 11 is 0. The van der Waals surface area contributed by atoms with Crippen molar-refractivity contribution in [3.63, 3.8) is 0 Å². The van der Waals surface area contributed by atoms with Gasteiger partial charge in [0.15, 0.2) is 0 Å². The molecular weight excluding hydrogens is 224 g/mol. The Morgan fingerprint density at radius 1 is 1.33 bits per heavy atom. The van der Waals surface area contributed by atoms with Crippen molar-refractivity contribution in [2.45, 2.75) is 46.5 Å². The topological polar surface area (TPSA) is 25.2 Å². The summed E-state index contributed by atoms with van der Waals surface area (Å²) in [4.78, 5) is 14.2. The van der Waals surface area contributed by atoms with Gasteiger partial charge in [0.25, 0.3) is 0 Å². The highest BCUT2D eigenvalue weighted by molar-refractivity contribution is 5.94. The van der Waals surface area contributed by atoms with Crippen LogP contribution < -0.4 is 4.90 Å². The van der Waals surface area contributed by atoms with Gasteiger partial charge in [0, 0.05) is 31.9 Å². The Hall–Kier alpha value is -1.25. The van der Waals surface area contributed by atoms with Gasteiger partial charge in [0.2, 0.25) is 5.91 Å². The van der Waals surface area contributed by atoms with Crippen LogP contribution in [0.3, 0.4) is 0 Å². The number of unbranched alkanes of at least 4 members (excludes halogenated alkanes) is 3. The molecule has 3 heteroatoms. The zero-order valence-corrected chi connectivity index (χ0v) is 12.1. The molecule has 18 heavy (non-hydrogen) atoms. The molecular formula is C15H26N2O. The average Bonchev–Trinajstić information content (AvgIpc) is 2.75. The van der Waals surface area contributed by atoms with Crippen LogP contribution in [-0.4, -0.2) is 17.0 Å². The highest BCUT2D eigenvalue weighted by Crippen LogP contribution is 2.18. The third-order valence-corrected chi connectivity index (χ3v) is 3.12. The van der Waals surface area contributed by atoms with E-state index < -0.39 is 0 Å². The maximum atomic E-state index is 12.2. The summed E-state index contributed by atoms with van der Waals surface area (Å²) in [6.45, 7) is 6.96. The first-order chi connectivity index (χ1) is 8.56. The number of hydrogen-bond donors (Lipinski definition) is 0. The zero-order valence-electron chi connectivity index (χ0n) is 12.1. The van der Waals surface area contributed by atoms with Gasteiger partial charge in [0.1, 0.15) is 0 Å². The van der Waals surface area contributed by atoms with Crippen molar-refractivity contribution in [2.24, 2.45) is 13.0 Å². The normalized spacial score (nSPS) is 10.9. The van der Waals surface area contributed by atoms with Crippen molar-refractivity contribution in [1.82, 2.24) is 4.57 Å². The summed E-state index contributed by atoms with van der Waals surface area (Å²) in [5.41, 5.74) is 1.02. The number of hydrogen-bond acceptors (Lipinski definition) is 1. The van der Waals surface area contributed by atoms with Gasteiger partial charge in [-0.25, -0.2) is 0 Å². The SMILES string of the molecule is CCCCCCN(C(=O)C(C)C)c1ccn(C)c1. The van der Waals surface area contributed by atoms with Gasteiger partial charge < -0.3 is 9.47 Å². The van der Waals surface area contributed by atoms with E-state index in [1.165, 1.54) is 19.3 Å². The minimum absolute atomic E-state index is 0.0522. The molecule has 0 N–H and O–H groups in total. The summed E-state index contributed by atoms with van der Waals surface area (Å²) in [6.07, 6.45) is 8.76. The van der Waals surface area contributed by atoms with Crippen LogP contribution in [0.15, 0.2) is 18.5 Å². The number of rotatable bonds is 7. The molecule has 0 saturated heterocycles. The van der Waals surface area contributed by atoms with Crippen LogP contribution >= 0.6 is 0 Å². The molecule has 1 aromatic rings. The standard InChI is InChI=1S/C15H26N2O/c1-5-6-7-8-10-17(15(18)13(2)3)14-9-11-16(4)12-14/h9,11-13H,5-8,10H2,1-4H3. The van der Waals surface area contributed by atoms with E-state index >= 15 is 0 Å². The number of nitrogens with zero attached hydrogens (tertiary/aromatic N) is 2. The maximum absolute atomic E-state index is 12.2. The molecule has 0 atom stereocenters. The summed E-state index contributed by atoms with van der Waals surface area (Å²) in [7, 11) is 1.98. The highest BCUT2D eigenvalue weighted by Gasteiger charge is 2.18. The molecule has 0 aliphatic rings. The van der Waals surface area contributed by atoms with E-state index in [1.807, 2.05) is 48.8 Å². The van der Waals surface area contributed by atoms with Gasteiger partial charge in [-0.15, -0.1) is 0 Å². The molecule has 1 rings (SSSR count). The first-order valence-corrected chi connectivity index (χ1v) is 6.99. The largest absolute Gasteiger partial charge is 0.355 e. The molecule has 0 aliphatic heterocycles. The Kier molecular flexibility index (Phi) is 5.96. The van der Waals surface area contributed by atoms with Crippen LogP contribution in [0.5, 0.6) is 0 Å². The quantitative estimate of drug-likeness (QED) is 0.679. The molecule has 0 fully saturated rings. The third kappa shape index (κ3) is 4.21. The molecule has 0 unspecified atom stereocenters. The van der Waals surface area contributed by atoms with Gasteiger partial charge >= 0.3 is 0 Å². The molecule has 102 valence electrons. The van der Waals surface area contributed by atoms with Crippen LogP contribution in [0.2, 0.25) is 0 Å². The van der Waals surface area contributed by atoms with Crippen LogP contribution in [-0.2, 0) is 11.8 Å². The lowest BCUT2D eigenvalue weighted by molar-refractivity contribution is -0.121. The van der Waals surface area contributed by atoms with E-state index in [-0.39, 0.29) is 11.8 Å². The highest BCUT2D eigenvalue weighted by atomic mass is 16.2. The van der Waals surface area contributed by atoms with E-state index in [4.69, 9.17) is 0 Å². The Morgan fingerprint density at radius 2 is 2.06 bits per heavy atom. The van der Waals surface area contributed by atoms with E-state index in [9.17, 15) is 4.79 Å². The monoisotopic (exact) mass is 250 g/mol. The van der Waals surface area contributed by atoms with Crippen LogP contribution in [0.4, 0.5) is 5.69 Å². The van der Waals surface area contributed by atoms with Gasteiger partial charge in [-0.3, -0.25) is 4.79 Å². The minimum Gasteiger partial charge on any atom is -0.355 e. The Morgan fingerprint density at radius 3 is 2.56 bits per heavy atom. The molecule has 0 aliphatic carbocycles. The number of amides is 1. The number of carbonyl (C=O) groups is 1. The molecule has 1 aromatic heterocycles. The van der Waals surface area contributed by atoms with E-state index in [2.05, 4.69) is 6.92 Å². The van der Waals surface area contributed by atoms with Crippen LogP contribution in [0.25, 0.3) is 0 Å². The second kappa shape index (κ2) is 7.24. The summed E-state index contributed by atoms with van der Waals surface area (Å²) in [5.74, 6) is 0.272. The lowest BCUT2D eigenvalue weighted by Crippen LogP contribution is -2.34. The molecule has 0 saturated carbocycles.